The van der Waals surface area contributed by atoms with Crippen LogP contribution < -0.4 is 14.9 Å². The van der Waals surface area contributed by atoms with E-state index in [0.29, 0.717) is 20.5 Å². The van der Waals surface area contributed by atoms with Gasteiger partial charge in [-0.05, 0) is 48.0 Å². The predicted molar refractivity (Wildman–Crippen MR) is 141 cm³/mol. The first-order valence-electron chi connectivity index (χ1n) is 10.3. The molecule has 4 aromatic rings. The lowest BCUT2D eigenvalue weighted by Crippen LogP contribution is -2.34. The van der Waals surface area contributed by atoms with Gasteiger partial charge in [0.15, 0.2) is 0 Å². The number of nitrogens with zero attached hydrogens (tertiary/aromatic N) is 1. The largest absolute Gasteiger partial charge is 0.422 e. The molecule has 0 aliphatic carbocycles. The van der Waals surface area contributed by atoms with E-state index in [2.05, 4.69) is 15.2 Å². The molecule has 0 bridgehead atoms. The predicted octanol–water partition coefficient (Wildman–Crippen LogP) is 4.86. The monoisotopic (exact) mass is 561 g/mol. The van der Waals surface area contributed by atoms with Crippen LogP contribution in [0.25, 0.3) is 10.1 Å². The van der Waals surface area contributed by atoms with Gasteiger partial charge in [-0.15, -0.1) is 11.3 Å². The molecule has 0 fully saturated rings. The molecule has 1 amide bonds. The molecule has 36 heavy (non-hydrogen) atoms. The van der Waals surface area contributed by atoms with Gasteiger partial charge in [-0.25, -0.2) is 23.4 Å². The highest BCUT2D eigenvalue weighted by molar-refractivity contribution is 7.89. The highest BCUT2D eigenvalue weighted by atomic mass is 35.5. The number of carbonyl (C=O) groups is 2. The van der Waals surface area contributed by atoms with Crippen molar-refractivity contribution in [1.29, 1.82) is 0 Å². The number of sulfonamides is 1. The molecule has 8 nitrogen and oxygen atoms in total. The smallest absolute Gasteiger partial charge is 0.355 e. The summed E-state index contributed by atoms with van der Waals surface area (Å²) in [5.74, 6) is -0.998. The second kappa shape index (κ2) is 11.2. The zero-order valence-electron chi connectivity index (χ0n) is 18.3. The van der Waals surface area contributed by atoms with E-state index in [0.717, 1.165) is 10.1 Å². The van der Waals surface area contributed by atoms with Crippen molar-refractivity contribution in [3.8, 4) is 5.75 Å². The fourth-order valence-electron chi connectivity index (χ4n) is 3.03. The molecule has 12 heteroatoms. The van der Waals surface area contributed by atoms with Gasteiger partial charge < -0.3 is 4.74 Å². The van der Waals surface area contributed by atoms with Crippen LogP contribution in [-0.4, -0.2) is 33.1 Å². The fraction of sp³-hybridized carbons (Fsp3) is 0.0417. The number of ether oxygens (including phenoxy) is 1. The third-order valence-corrected chi connectivity index (χ3v) is 8.06. The summed E-state index contributed by atoms with van der Waals surface area (Å²) in [6.45, 7) is -0.518. The summed E-state index contributed by atoms with van der Waals surface area (Å²) in [6, 6.07) is 19.4. The van der Waals surface area contributed by atoms with Crippen LogP contribution in [0.4, 0.5) is 0 Å². The third kappa shape index (κ3) is 6.28. The lowest BCUT2D eigenvalue weighted by atomic mass is 10.2. The molecule has 1 aromatic heterocycles. The Kier molecular flexibility index (Phi) is 8.02. The molecule has 1 heterocycles. The minimum absolute atomic E-state index is 0.0218. The van der Waals surface area contributed by atoms with Crippen LogP contribution in [0.3, 0.4) is 0 Å². The Balaban J connectivity index is 1.33. The molecule has 0 atom stereocenters. The molecule has 3 aromatic carbocycles. The highest BCUT2D eigenvalue weighted by Gasteiger charge is 2.19. The van der Waals surface area contributed by atoms with E-state index >= 15 is 0 Å². The molecule has 4 rings (SSSR count). The maximum absolute atomic E-state index is 12.6. The molecule has 0 aliphatic heterocycles. The number of amides is 1. The van der Waals surface area contributed by atoms with Crippen LogP contribution >= 0.6 is 34.5 Å². The molecule has 2 N–H and O–H groups in total. The summed E-state index contributed by atoms with van der Waals surface area (Å²) in [7, 11) is -3.88. The van der Waals surface area contributed by atoms with Gasteiger partial charge in [0.05, 0.1) is 22.7 Å². The first kappa shape index (κ1) is 25.8. The minimum Gasteiger partial charge on any atom is -0.422 e. The van der Waals surface area contributed by atoms with Gasteiger partial charge in [0.1, 0.15) is 10.6 Å². The Morgan fingerprint density at radius 2 is 1.75 bits per heavy atom. The summed E-state index contributed by atoms with van der Waals surface area (Å²) in [5.41, 5.74) is 2.76. The van der Waals surface area contributed by atoms with Crippen LogP contribution in [0, 0.1) is 0 Å². The number of esters is 1. The van der Waals surface area contributed by atoms with E-state index < -0.39 is 28.4 Å². The van der Waals surface area contributed by atoms with Crippen molar-refractivity contribution in [3.05, 3.63) is 93.3 Å². The van der Waals surface area contributed by atoms with Crippen LogP contribution in [0.5, 0.6) is 5.75 Å². The Bertz CT molecular complexity index is 1570. The van der Waals surface area contributed by atoms with Crippen molar-refractivity contribution >= 4 is 72.7 Å². The molecule has 184 valence electrons. The SMILES string of the molecule is O=C(CNS(=O)(=O)c1ccc(Cl)cc1)N/N=C/c1cccc(OC(=O)c2sc3ccccc3c2Cl)c1. The second-order valence-corrected chi connectivity index (χ2v) is 10.9. The molecule has 0 radical (unpaired) electrons. The van der Waals surface area contributed by atoms with Crippen molar-refractivity contribution in [2.24, 2.45) is 5.10 Å². The van der Waals surface area contributed by atoms with Crippen molar-refractivity contribution in [3.63, 3.8) is 0 Å². The number of thiophene rings is 1. The third-order valence-electron chi connectivity index (χ3n) is 4.74. The average molecular weight is 562 g/mol. The molecule has 0 unspecified atom stereocenters. The summed E-state index contributed by atoms with van der Waals surface area (Å²) < 4.78 is 33.0. The standard InChI is InChI=1S/C24H17Cl2N3O5S2/c25-16-8-10-18(11-9-16)36(32,33)28-14-21(30)29-27-13-15-4-3-5-17(12-15)34-24(31)23-22(26)19-6-1-2-7-20(19)35-23/h1-13,28H,14H2,(H,29,30)/b27-13+. The van der Waals surface area contributed by atoms with E-state index in [-0.39, 0.29) is 10.6 Å². The maximum Gasteiger partial charge on any atom is 0.355 e. The summed E-state index contributed by atoms with van der Waals surface area (Å²) in [5, 5.41) is 5.33. The van der Waals surface area contributed by atoms with Gasteiger partial charge in [-0.1, -0.05) is 53.5 Å². The Morgan fingerprint density at radius 1 is 1.00 bits per heavy atom. The highest BCUT2D eigenvalue weighted by Crippen LogP contribution is 2.35. The van der Waals surface area contributed by atoms with Gasteiger partial charge in [-0.3, -0.25) is 4.79 Å². The van der Waals surface area contributed by atoms with E-state index in [1.807, 2.05) is 24.3 Å². The fourth-order valence-corrected chi connectivity index (χ4v) is 5.53. The number of carbonyl (C=O) groups excluding carboxylic acids is 2. The number of benzene rings is 3. The molecule has 0 spiro atoms. The number of halogens is 2. The number of hydrogen-bond acceptors (Lipinski definition) is 7. The molecule has 0 aliphatic rings. The van der Waals surface area contributed by atoms with Gasteiger partial charge in [-0.2, -0.15) is 5.10 Å². The molecule has 0 saturated carbocycles. The number of fused-ring (bicyclic) bond motifs is 1. The van der Waals surface area contributed by atoms with Crippen LogP contribution in [0.1, 0.15) is 15.2 Å². The molecule has 0 saturated heterocycles. The Labute approximate surface area is 220 Å². The number of hydrazone groups is 1. The average Bonchev–Trinajstić information content (AvgIpc) is 3.20. The maximum atomic E-state index is 12.6. The van der Waals surface area contributed by atoms with Gasteiger partial charge in [0.25, 0.3) is 5.91 Å². The lowest BCUT2D eigenvalue weighted by molar-refractivity contribution is -0.119. The first-order chi connectivity index (χ1) is 17.2. The lowest BCUT2D eigenvalue weighted by Gasteiger charge is -2.06. The molecular weight excluding hydrogens is 545 g/mol. The zero-order chi connectivity index (χ0) is 25.7. The molecular formula is C24H17Cl2N3O5S2. The Morgan fingerprint density at radius 3 is 2.50 bits per heavy atom. The van der Waals surface area contributed by atoms with E-state index in [9.17, 15) is 18.0 Å². The van der Waals surface area contributed by atoms with E-state index in [4.69, 9.17) is 27.9 Å². The van der Waals surface area contributed by atoms with Gasteiger partial charge in [0, 0.05) is 15.1 Å². The number of rotatable bonds is 8. The normalized spacial score (nSPS) is 11.6. The van der Waals surface area contributed by atoms with Crippen molar-refractivity contribution in [1.82, 2.24) is 10.1 Å². The topological polar surface area (TPSA) is 114 Å². The first-order valence-corrected chi connectivity index (χ1v) is 13.3. The quantitative estimate of drug-likeness (QED) is 0.138. The summed E-state index contributed by atoms with van der Waals surface area (Å²) >= 11 is 13.3. The Hall–Kier alpha value is -3.28. The second-order valence-electron chi connectivity index (χ2n) is 7.27. The zero-order valence-corrected chi connectivity index (χ0v) is 21.4. The number of hydrogen-bond donors (Lipinski definition) is 2. The van der Waals surface area contributed by atoms with Crippen molar-refractivity contribution < 1.29 is 22.7 Å². The summed E-state index contributed by atoms with van der Waals surface area (Å²) in [6.07, 6.45) is 1.33. The minimum atomic E-state index is -3.88. The van der Waals surface area contributed by atoms with Crippen LogP contribution in [0.2, 0.25) is 10.0 Å². The van der Waals surface area contributed by atoms with Gasteiger partial charge in [0.2, 0.25) is 10.0 Å². The van der Waals surface area contributed by atoms with E-state index in [1.54, 1.807) is 24.3 Å². The van der Waals surface area contributed by atoms with Crippen molar-refractivity contribution in [2.75, 3.05) is 6.54 Å². The van der Waals surface area contributed by atoms with E-state index in [1.165, 1.54) is 41.8 Å². The number of nitrogens with one attached hydrogen (secondary N) is 2. The van der Waals surface area contributed by atoms with Crippen molar-refractivity contribution in [2.45, 2.75) is 4.90 Å². The van der Waals surface area contributed by atoms with Crippen LogP contribution in [0.15, 0.2) is 82.8 Å². The van der Waals surface area contributed by atoms with Crippen LogP contribution in [-0.2, 0) is 14.8 Å². The summed E-state index contributed by atoms with van der Waals surface area (Å²) in [4.78, 5) is 24.9. The van der Waals surface area contributed by atoms with Gasteiger partial charge >= 0.3 is 5.97 Å².